The van der Waals surface area contributed by atoms with Crippen molar-refractivity contribution in [1.82, 2.24) is 10.2 Å². The first kappa shape index (κ1) is 16.3. The molecule has 0 aromatic carbocycles. The molecule has 0 heterocycles. The number of carbonyl (C=O) groups excluding carboxylic acids is 2. The molecule has 0 rings (SSSR count). The number of rotatable bonds is 8. The third kappa shape index (κ3) is 8.48. The highest BCUT2D eigenvalue weighted by atomic mass is 16.5. The van der Waals surface area contributed by atoms with Crippen LogP contribution < -0.4 is 5.32 Å². The molecule has 8 heteroatoms. The molecule has 0 atom stereocenters. The second-order valence-electron chi connectivity index (χ2n) is 3.37. The summed E-state index contributed by atoms with van der Waals surface area (Å²) in [6.07, 6.45) is -0.843. The second-order valence-corrected chi connectivity index (χ2v) is 3.37. The summed E-state index contributed by atoms with van der Waals surface area (Å²) >= 11 is 0. The number of carboxylic acid groups (broad SMARTS) is 1. The number of hydrogen-bond acceptors (Lipinski definition) is 6. The zero-order valence-corrected chi connectivity index (χ0v) is 10.5. The van der Waals surface area contributed by atoms with Gasteiger partial charge in [0, 0.05) is 13.7 Å². The third-order valence-electron chi connectivity index (χ3n) is 1.85. The Morgan fingerprint density at radius 1 is 1.28 bits per heavy atom. The summed E-state index contributed by atoms with van der Waals surface area (Å²) in [5.41, 5.74) is 0. The first-order valence-electron chi connectivity index (χ1n) is 5.39. The van der Waals surface area contributed by atoms with Crippen molar-refractivity contribution in [2.24, 2.45) is 0 Å². The highest BCUT2D eigenvalue weighted by Gasteiger charge is 2.15. The Morgan fingerprint density at radius 2 is 1.94 bits per heavy atom. The normalized spacial score (nSPS) is 10.2. The van der Waals surface area contributed by atoms with E-state index in [0.29, 0.717) is 6.61 Å². The maximum atomic E-state index is 11.4. The topological polar surface area (TPSA) is 105 Å². The minimum atomic E-state index is -1.06. The van der Waals surface area contributed by atoms with Gasteiger partial charge in [0.15, 0.2) is 0 Å². The second kappa shape index (κ2) is 9.37. The van der Waals surface area contributed by atoms with Gasteiger partial charge in [-0.3, -0.25) is 19.8 Å². The van der Waals surface area contributed by atoms with Crippen LogP contribution >= 0.6 is 0 Å². The minimum absolute atomic E-state index is 0.154. The number of nitrogens with zero attached hydrogens (tertiary/aromatic N) is 1. The van der Waals surface area contributed by atoms with E-state index in [4.69, 9.17) is 9.84 Å². The summed E-state index contributed by atoms with van der Waals surface area (Å²) in [6, 6.07) is 0. The first-order chi connectivity index (χ1) is 8.49. The average molecular weight is 262 g/mol. The average Bonchev–Trinajstić information content (AvgIpc) is 2.25. The number of aliphatic carboxylic acids is 1. The number of amides is 2. The fraction of sp³-hybridized carbons (Fsp3) is 0.700. The van der Waals surface area contributed by atoms with E-state index in [0.717, 1.165) is 0 Å². The molecule has 0 aromatic heterocycles. The summed E-state index contributed by atoms with van der Waals surface area (Å²) in [4.78, 5) is 34.3. The van der Waals surface area contributed by atoms with Gasteiger partial charge in [-0.15, -0.1) is 0 Å². The molecule has 2 N–H and O–H groups in total. The van der Waals surface area contributed by atoms with E-state index in [-0.39, 0.29) is 26.2 Å². The molecular weight excluding hydrogens is 244 g/mol. The molecular formula is C10H18N2O6. The fourth-order valence-corrected chi connectivity index (χ4v) is 1.15. The quantitative estimate of drug-likeness (QED) is 0.595. The van der Waals surface area contributed by atoms with Crippen molar-refractivity contribution in [2.75, 3.05) is 40.0 Å². The van der Waals surface area contributed by atoms with Crippen LogP contribution in [0.1, 0.15) is 6.92 Å². The fourth-order valence-electron chi connectivity index (χ4n) is 1.15. The van der Waals surface area contributed by atoms with Crippen LogP contribution in [0.2, 0.25) is 0 Å². The molecule has 0 aliphatic heterocycles. The lowest BCUT2D eigenvalue weighted by Gasteiger charge is -2.18. The highest BCUT2D eigenvalue weighted by molar-refractivity contribution is 5.93. The van der Waals surface area contributed by atoms with Crippen LogP contribution in [0.15, 0.2) is 0 Å². The van der Waals surface area contributed by atoms with E-state index in [9.17, 15) is 14.4 Å². The van der Waals surface area contributed by atoms with Crippen LogP contribution in [0, 0.1) is 0 Å². The largest absolute Gasteiger partial charge is 0.480 e. The monoisotopic (exact) mass is 262 g/mol. The summed E-state index contributed by atoms with van der Waals surface area (Å²) < 4.78 is 9.32. The van der Waals surface area contributed by atoms with Gasteiger partial charge in [0.25, 0.3) is 0 Å². The summed E-state index contributed by atoms with van der Waals surface area (Å²) in [5, 5.41) is 10.6. The van der Waals surface area contributed by atoms with Gasteiger partial charge in [-0.1, -0.05) is 0 Å². The maximum Gasteiger partial charge on any atom is 0.413 e. The Labute approximate surface area is 105 Å². The molecule has 0 aromatic rings. The van der Waals surface area contributed by atoms with Gasteiger partial charge in [0.2, 0.25) is 5.91 Å². The molecule has 104 valence electrons. The number of nitrogens with one attached hydrogen (secondary N) is 1. The summed E-state index contributed by atoms with van der Waals surface area (Å²) in [6.45, 7) is 1.81. The standard InChI is InChI=1S/C10H18N2O6/c1-3-18-10(16)11-8(13)6-12(4-5-17-2)7-9(14)15/h3-7H2,1-2H3,(H,14,15)(H,11,13,16). The van der Waals surface area contributed by atoms with Crippen molar-refractivity contribution in [1.29, 1.82) is 0 Å². The van der Waals surface area contributed by atoms with Crippen molar-refractivity contribution >= 4 is 18.0 Å². The summed E-state index contributed by atoms with van der Waals surface area (Å²) in [5.74, 6) is -1.68. The predicted octanol–water partition coefficient (Wildman–Crippen LogP) is -0.708. The maximum absolute atomic E-state index is 11.4. The van der Waals surface area contributed by atoms with Crippen molar-refractivity contribution in [3.05, 3.63) is 0 Å². The number of carboxylic acids is 1. The summed E-state index contributed by atoms with van der Waals surface area (Å²) in [7, 11) is 1.47. The zero-order valence-electron chi connectivity index (χ0n) is 10.5. The molecule has 0 saturated carbocycles. The lowest BCUT2D eigenvalue weighted by atomic mass is 10.4. The Hall–Kier alpha value is -1.67. The number of ether oxygens (including phenoxy) is 2. The molecule has 0 bridgehead atoms. The van der Waals surface area contributed by atoms with Crippen LogP contribution in [0.4, 0.5) is 4.79 Å². The minimum Gasteiger partial charge on any atom is -0.480 e. The van der Waals surface area contributed by atoms with E-state index in [2.05, 4.69) is 4.74 Å². The molecule has 0 unspecified atom stereocenters. The number of carbonyl (C=O) groups is 3. The van der Waals surface area contributed by atoms with Crippen molar-refractivity contribution in [3.8, 4) is 0 Å². The van der Waals surface area contributed by atoms with E-state index in [1.165, 1.54) is 12.0 Å². The molecule has 0 spiro atoms. The Balaban J connectivity index is 4.16. The van der Waals surface area contributed by atoms with Gasteiger partial charge in [-0.05, 0) is 6.92 Å². The van der Waals surface area contributed by atoms with Crippen LogP contribution in [0.25, 0.3) is 0 Å². The van der Waals surface area contributed by atoms with Crippen molar-refractivity contribution in [3.63, 3.8) is 0 Å². The molecule has 8 nitrogen and oxygen atoms in total. The lowest BCUT2D eigenvalue weighted by Crippen LogP contribution is -2.43. The van der Waals surface area contributed by atoms with Crippen LogP contribution in [-0.4, -0.2) is 67.9 Å². The van der Waals surface area contributed by atoms with E-state index in [1.807, 2.05) is 5.32 Å². The molecule has 0 radical (unpaired) electrons. The molecule has 2 amide bonds. The van der Waals surface area contributed by atoms with Gasteiger partial charge in [0.05, 0.1) is 26.3 Å². The van der Waals surface area contributed by atoms with Crippen molar-refractivity contribution < 1.29 is 29.0 Å². The highest BCUT2D eigenvalue weighted by Crippen LogP contribution is 1.89. The zero-order chi connectivity index (χ0) is 14.0. The number of hydrogen-bond donors (Lipinski definition) is 2. The van der Waals surface area contributed by atoms with E-state index >= 15 is 0 Å². The third-order valence-corrected chi connectivity index (χ3v) is 1.85. The Bertz CT molecular complexity index is 294. The van der Waals surface area contributed by atoms with Gasteiger partial charge < -0.3 is 14.6 Å². The van der Waals surface area contributed by atoms with E-state index < -0.39 is 18.0 Å². The number of alkyl carbamates (subject to hydrolysis) is 1. The predicted molar refractivity (Wildman–Crippen MR) is 61.1 cm³/mol. The van der Waals surface area contributed by atoms with E-state index in [1.54, 1.807) is 6.92 Å². The van der Waals surface area contributed by atoms with Gasteiger partial charge in [-0.2, -0.15) is 0 Å². The molecule has 0 saturated heterocycles. The van der Waals surface area contributed by atoms with Gasteiger partial charge in [0.1, 0.15) is 0 Å². The Kier molecular flexibility index (Phi) is 8.50. The van der Waals surface area contributed by atoms with Gasteiger partial charge in [-0.25, -0.2) is 4.79 Å². The van der Waals surface area contributed by atoms with Crippen LogP contribution in [-0.2, 0) is 19.1 Å². The van der Waals surface area contributed by atoms with Crippen LogP contribution in [0.3, 0.4) is 0 Å². The molecule has 0 fully saturated rings. The number of methoxy groups -OCH3 is 1. The van der Waals surface area contributed by atoms with Crippen molar-refractivity contribution in [2.45, 2.75) is 6.92 Å². The molecule has 0 aliphatic rings. The smallest absolute Gasteiger partial charge is 0.413 e. The first-order valence-corrected chi connectivity index (χ1v) is 5.39. The molecule has 0 aliphatic carbocycles. The Morgan fingerprint density at radius 3 is 2.44 bits per heavy atom. The lowest BCUT2D eigenvalue weighted by molar-refractivity contribution is -0.138. The number of imide groups is 1. The van der Waals surface area contributed by atoms with Gasteiger partial charge >= 0.3 is 12.1 Å². The van der Waals surface area contributed by atoms with Crippen LogP contribution in [0.5, 0.6) is 0 Å². The SMILES string of the molecule is CCOC(=O)NC(=O)CN(CCOC)CC(=O)O. The molecule has 18 heavy (non-hydrogen) atoms.